The molecule has 1 fully saturated rings. The van der Waals surface area contributed by atoms with Crippen LogP contribution in [-0.4, -0.2) is 4.57 Å². The summed E-state index contributed by atoms with van der Waals surface area (Å²) in [6.07, 6.45) is 5.63. The number of benzene rings is 1. The van der Waals surface area contributed by atoms with Crippen LogP contribution in [-0.2, 0) is 6.42 Å². The molecule has 3 rings (SSSR count). The minimum Gasteiger partial charge on any atom is -0.340 e. The van der Waals surface area contributed by atoms with E-state index in [2.05, 4.69) is 17.6 Å². The topological polar surface area (TPSA) is 28.7 Å². The van der Waals surface area contributed by atoms with Gasteiger partial charge in [-0.15, -0.1) is 0 Å². The first-order valence-corrected chi connectivity index (χ1v) is 7.40. The molecule has 0 amide bonds. The molecule has 1 saturated carbocycles. The molecule has 0 saturated heterocycles. The quantitative estimate of drug-likeness (QED) is 0.781. The van der Waals surface area contributed by atoms with Gasteiger partial charge in [0.2, 0.25) is 0 Å². The summed E-state index contributed by atoms with van der Waals surface area (Å²) in [5.41, 5.74) is 3.42. The molecule has 2 aromatic rings. The minimum atomic E-state index is -0.222. The Labute approximate surface area is 118 Å². The van der Waals surface area contributed by atoms with Gasteiger partial charge in [0.25, 0.3) is 0 Å². The fraction of sp³-hybridized carbons (Fsp3) is 0.471. The number of halogens is 1. The van der Waals surface area contributed by atoms with E-state index < -0.39 is 0 Å². The number of hydrogen-bond acceptors (Lipinski definition) is 1. The Morgan fingerprint density at radius 2 is 2.05 bits per heavy atom. The van der Waals surface area contributed by atoms with E-state index in [1.165, 1.54) is 18.9 Å². The van der Waals surface area contributed by atoms with Gasteiger partial charge in [0.15, 0.2) is 0 Å². The standard InChI is InChI=1S/C17H19FN2/c1-3-16-14(10-19)13-9-15(18)11(2)8-17(13)20(16)12-6-4-5-7-12/h8-9,12H,3-7H2,1-2H3. The third-order valence-electron chi connectivity index (χ3n) is 4.52. The number of hydrogen-bond donors (Lipinski definition) is 0. The van der Waals surface area contributed by atoms with Gasteiger partial charge in [-0.2, -0.15) is 5.26 Å². The molecule has 20 heavy (non-hydrogen) atoms. The van der Waals surface area contributed by atoms with Crippen LogP contribution in [0, 0.1) is 24.1 Å². The smallest absolute Gasteiger partial charge is 0.126 e. The zero-order valence-electron chi connectivity index (χ0n) is 12.0. The molecule has 104 valence electrons. The lowest BCUT2D eigenvalue weighted by Gasteiger charge is -2.17. The van der Waals surface area contributed by atoms with Gasteiger partial charge in [0.1, 0.15) is 11.9 Å². The van der Waals surface area contributed by atoms with Crippen molar-refractivity contribution in [3.05, 3.63) is 34.8 Å². The molecule has 0 unspecified atom stereocenters. The van der Waals surface area contributed by atoms with Crippen LogP contribution in [0.4, 0.5) is 4.39 Å². The van der Waals surface area contributed by atoms with E-state index in [0.29, 0.717) is 17.2 Å². The van der Waals surface area contributed by atoms with Crippen molar-refractivity contribution >= 4 is 10.9 Å². The number of fused-ring (bicyclic) bond motifs is 1. The average Bonchev–Trinajstić information content (AvgIpc) is 3.04. The predicted octanol–water partition coefficient (Wildman–Crippen LogP) is 4.64. The maximum atomic E-state index is 13.9. The van der Waals surface area contributed by atoms with Gasteiger partial charge >= 0.3 is 0 Å². The second kappa shape index (κ2) is 4.94. The molecular weight excluding hydrogens is 251 g/mol. The number of rotatable bonds is 2. The monoisotopic (exact) mass is 270 g/mol. The van der Waals surface area contributed by atoms with Gasteiger partial charge in [0, 0.05) is 17.1 Å². The van der Waals surface area contributed by atoms with E-state index in [1.807, 2.05) is 6.07 Å². The van der Waals surface area contributed by atoms with E-state index in [4.69, 9.17) is 0 Å². The highest BCUT2D eigenvalue weighted by Gasteiger charge is 2.25. The molecule has 1 heterocycles. The van der Waals surface area contributed by atoms with Gasteiger partial charge < -0.3 is 4.57 Å². The zero-order valence-corrected chi connectivity index (χ0v) is 12.0. The number of nitrogens with zero attached hydrogens (tertiary/aromatic N) is 2. The van der Waals surface area contributed by atoms with Gasteiger partial charge in [0.05, 0.1) is 11.1 Å². The van der Waals surface area contributed by atoms with Crippen LogP contribution >= 0.6 is 0 Å². The van der Waals surface area contributed by atoms with Crippen LogP contribution in [0.3, 0.4) is 0 Å². The molecule has 0 N–H and O–H groups in total. The van der Waals surface area contributed by atoms with Crippen molar-refractivity contribution in [3.63, 3.8) is 0 Å². The molecule has 0 aliphatic heterocycles. The Morgan fingerprint density at radius 3 is 2.65 bits per heavy atom. The van der Waals surface area contributed by atoms with Crippen LogP contribution < -0.4 is 0 Å². The van der Waals surface area contributed by atoms with Crippen molar-refractivity contribution in [1.82, 2.24) is 4.57 Å². The fourth-order valence-corrected chi connectivity index (χ4v) is 3.54. The van der Waals surface area contributed by atoms with Crippen molar-refractivity contribution in [2.45, 2.75) is 52.0 Å². The SMILES string of the molecule is CCc1c(C#N)c2cc(F)c(C)cc2n1C1CCCC1. The summed E-state index contributed by atoms with van der Waals surface area (Å²) in [6.45, 7) is 3.86. The molecule has 0 atom stereocenters. The van der Waals surface area contributed by atoms with Crippen LogP contribution in [0.15, 0.2) is 12.1 Å². The minimum absolute atomic E-state index is 0.222. The molecule has 1 aromatic heterocycles. The molecule has 1 aromatic carbocycles. The van der Waals surface area contributed by atoms with Crippen LogP contribution in [0.1, 0.15) is 55.5 Å². The summed E-state index contributed by atoms with van der Waals surface area (Å²) in [4.78, 5) is 0. The van der Waals surface area contributed by atoms with Crippen LogP contribution in [0.25, 0.3) is 10.9 Å². The molecular formula is C17H19FN2. The lowest BCUT2D eigenvalue weighted by Crippen LogP contribution is -2.08. The molecule has 0 bridgehead atoms. The molecule has 1 aliphatic rings. The second-order valence-corrected chi connectivity index (χ2v) is 5.71. The molecule has 1 aliphatic carbocycles. The van der Waals surface area contributed by atoms with Crippen molar-refractivity contribution < 1.29 is 4.39 Å². The lowest BCUT2D eigenvalue weighted by molar-refractivity contribution is 0.518. The number of nitriles is 1. The summed E-state index contributed by atoms with van der Waals surface area (Å²) >= 11 is 0. The molecule has 3 heteroatoms. The maximum absolute atomic E-state index is 13.9. The third-order valence-corrected chi connectivity index (χ3v) is 4.52. The largest absolute Gasteiger partial charge is 0.340 e. The molecule has 0 radical (unpaired) electrons. The fourth-order valence-electron chi connectivity index (χ4n) is 3.54. The predicted molar refractivity (Wildman–Crippen MR) is 78.2 cm³/mol. The highest BCUT2D eigenvalue weighted by atomic mass is 19.1. The Bertz CT molecular complexity index is 700. The number of aromatic nitrogens is 1. The Hall–Kier alpha value is -1.82. The highest BCUT2D eigenvalue weighted by molar-refractivity contribution is 5.89. The van der Waals surface area contributed by atoms with E-state index >= 15 is 0 Å². The van der Waals surface area contributed by atoms with E-state index in [0.717, 1.165) is 35.9 Å². The maximum Gasteiger partial charge on any atom is 0.126 e. The van der Waals surface area contributed by atoms with Gasteiger partial charge in [-0.25, -0.2) is 4.39 Å². The van der Waals surface area contributed by atoms with Crippen LogP contribution in [0.2, 0.25) is 0 Å². The first-order valence-electron chi connectivity index (χ1n) is 7.40. The summed E-state index contributed by atoms with van der Waals surface area (Å²) in [6, 6.07) is 6.21. The Kier molecular flexibility index (Phi) is 3.25. The zero-order chi connectivity index (χ0) is 14.3. The van der Waals surface area contributed by atoms with Gasteiger partial charge in [-0.05, 0) is 43.9 Å². The van der Waals surface area contributed by atoms with Crippen molar-refractivity contribution in [2.24, 2.45) is 0 Å². The van der Waals surface area contributed by atoms with E-state index in [9.17, 15) is 9.65 Å². The van der Waals surface area contributed by atoms with Crippen molar-refractivity contribution in [2.75, 3.05) is 0 Å². The molecule has 0 spiro atoms. The lowest BCUT2D eigenvalue weighted by atomic mass is 10.1. The van der Waals surface area contributed by atoms with Crippen molar-refractivity contribution in [3.8, 4) is 6.07 Å². The number of aryl methyl sites for hydroxylation is 1. The van der Waals surface area contributed by atoms with Crippen LogP contribution in [0.5, 0.6) is 0 Å². The average molecular weight is 270 g/mol. The highest BCUT2D eigenvalue weighted by Crippen LogP contribution is 2.37. The Morgan fingerprint density at radius 1 is 1.35 bits per heavy atom. The normalized spacial score (nSPS) is 15.9. The van der Waals surface area contributed by atoms with Crippen molar-refractivity contribution in [1.29, 1.82) is 5.26 Å². The van der Waals surface area contributed by atoms with E-state index in [1.54, 1.807) is 6.92 Å². The Balaban J connectivity index is 2.36. The molecule has 2 nitrogen and oxygen atoms in total. The van der Waals surface area contributed by atoms with Gasteiger partial charge in [-0.3, -0.25) is 0 Å². The summed E-state index contributed by atoms with van der Waals surface area (Å²) in [5, 5.41) is 10.3. The first kappa shape index (κ1) is 13.2. The summed E-state index contributed by atoms with van der Waals surface area (Å²) < 4.78 is 16.2. The first-order chi connectivity index (χ1) is 9.67. The summed E-state index contributed by atoms with van der Waals surface area (Å²) in [7, 11) is 0. The summed E-state index contributed by atoms with van der Waals surface area (Å²) in [5.74, 6) is -0.222. The third kappa shape index (κ3) is 1.83. The second-order valence-electron chi connectivity index (χ2n) is 5.71. The van der Waals surface area contributed by atoms with E-state index in [-0.39, 0.29) is 5.82 Å². The van der Waals surface area contributed by atoms with Gasteiger partial charge in [-0.1, -0.05) is 19.8 Å².